The number of hydrogen-bond acceptors (Lipinski definition) is 6. The highest BCUT2D eigenvalue weighted by Crippen LogP contribution is 2.36. The molecular weight excluding hydrogens is 290 g/mol. The van der Waals surface area contributed by atoms with Gasteiger partial charge in [0.15, 0.2) is 0 Å². The smallest absolute Gasteiger partial charge is 0.265 e. The minimum atomic E-state index is -0.637. The first-order valence-corrected chi connectivity index (χ1v) is 7.32. The van der Waals surface area contributed by atoms with Gasteiger partial charge in [0.25, 0.3) is 11.8 Å². The summed E-state index contributed by atoms with van der Waals surface area (Å²) in [5.74, 6) is -0.879. The van der Waals surface area contributed by atoms with E-state index < -0.39 is 5.91 Å². The summed E-state index contributed by atoms with van der Waals surface area (Å²) in [6.07, 6.45) is 0. The molecule has 2 amide bonds. The average molecular weight is 313 g/mol. The molecule has 0 fully saturated rings. The number of nitrogen functional groups attached to an aromatic ring is 1. The molecule has 118 valence electrons. The number of carbonyl (C=O) groups is 2. The lowest BCUT2D eigenvalue weighted by Crippen LogP contribution is -2.31. The molecule has 0 aliphatic rings. The van der Waals surface area contributed by atoms with Gasteiger partial charge in [-0.1, -0.05) is 0 Å². The van der Waals surface area contributed by atoms with E-state index >= 15 is 0 Å². The normalized spacial score (nSPS) is 12.3. The van der Waals surface area contributed by atoms with Crippen LogP contribution >= 0.6 is 11.3 Å². The van der Waals surface area contributed by atoms with E-state index in [9.17, 15) is 9.59 Å². The van der Waals surface area contributed by atoms with E-state index in [0.29, 0.717) is 16.4 Å². The molecule has 0 radical (unpaired) electrons. The van der Waals surface area contributed by atoms with Gasteiger partial charge in [-0.05, 0) is 21.0 Å². The van der Waals surface area contributed by atoms with Crippen molar-refractivity contribution in [3.05, 3.63) is 10.4 Å². The number of thiophene rings is 1. The van der Waals surface area contributed by atoms with E-state index in [2.05, 4.69) is 5.32 Å². The zero-order valence-electron chi connectivity index (χ0n) is 13.1. The first kappa shape index (κ1) is 17.3. The summed E-state index contributed by atoms with van der Waals surface area (Å²) < 4.78 is 0. The van der Waals surface area contributed by atoms with Gasteiger partial charge in [0, 0.05) is 26.7 Å². The van der Waals surface area contributed by atoms with Gasteiger partial charge < -0.3 is 26.6 Å². The maximum atomic E-state index is 12.1. The molecule has 0 spiro atoms. The topological polar surface area (TPSA) is 105 Å². The van der Waals surface area contributed by atoms with Crippen molar-refractivity contribution in [1.82, 2.24) is 9.80 Å². The van der Waals surface area contributed by atoms with E-state index in [-0.39, 0.29) is 23.2 Å². The molecule has 1 heterocycles. The molecule has 1 aromatic heterocycles. The van der Waals surface area contributed by atoms with Crippen molar-refractivity contribution < 1.29 is 9.59 Å². The predicted molar refractivity (Wildman–Crippen MR) is 86.9 cm³/mol. The van der Waals surface area contributed by atoms with E-state index in [4.69, 9.17) is 11.5 Å². The lowest BCUT2D eigenvalue weighted by atomic mass is 10.2. The quantitative estimate of drug-likeness (QED) is 0.709. The molecule has 0 bridgehead atoms. The van der Waals surface area contributed by atoms with Crippen LogP contribution in [0.4, 0.5) is 10.7 Å². The van der Waals surface area contributed by atoms with Gasteiger partial charge in [-0.2, -0.15) is 0 Å². The Morgan fingerprint density at radius 3 is 2.29 bits per heavy atom. The van der Waals surface area contributed by atoms with Crippen LogP contribution in [0.3, 0.4) is 0 Å². The van der Waals surface area contributed by atoms with Gasteiger partial charge in [0.2, 0.25) is 0 Å². The lowest BCUT2D eigenvalue weighted by Gasteiger charge is -2.20. The highest BCUT2D eigenvalue weighted by Gasteiger charge is 2.25. The Hall–Kier alpha value is -1.80. The molecule has 1 atom stereocenters. The fraction of sp³-hybridized carbons (Fsp3) is 0.538. The number of primary amides is 1. The van der Waals surface area contributed by atoms with Crippen molar-refractivity contribution >= 4 is 33.8 Å². The number of nitrogens with two attached hydrogens (primary N) is 2. The highest BCUT2D eigenvalue weighted by atomic mass is 32.1. The fourth-order valence-corrected chi connectivity index (χ4v) is 2.75. The summed E-state index contributed by atoms with van der Waals surface area (Å²) in [6, 6.07) is 0.252. The van der Waals surface area contributed by atoms with Gasteiger partial charge in [0.05, 0.1) is 11.3 Å². The molecule has 7 nitrogen and oxygen atoms in total. The molecule has 8 heteroatoms. The van der Waals surface area contributed by atoms with Crippen molar-refractivity contribution in [2.75, 3.05) is 45.8 Å². The van der Waals surface area contributed by atoms with Crippen LogP contribution in [0.2, 0.25) is 0 Å². The Morgan fingerprint density at radius 1 is 1.29 bits per heavy atom. The van der Waals surface area contributed by atoms with Crippen molar-refractivity contribution in [2.45, 2.75) is 13.0 Å². The molecule has 0 aromatic carbocycles. The Morgan fingerprint density at radius 2 is 1.86 bits per heavy atom. The third-order valence-electron chi connectivity index (χ3n) is 3.23. The number of carbonyl (C=O) groups excluding carboxylic acids is 2. The Kier molecular flexibility index (Phi) is 5.56. The van der Waals surface area contributed by atoms with Crippen molar-refractivity contribution in [3.8, 4) is 0 Å². The summed E-state index contributed by atoms with van der Waals surface area (Å²) in [6.45, 7) is 2.66. The number of likely N-dealkylation sites (N-methyl/N-ethyl adjacent to an activating group) is 1. The molecular formula is C13H23N5O2S. The Bertz CT molecular complexity index is 539. The van der Waals surface area contributed by atoms with Crippen molar-refractivity contribution in [3.63, 3.8) is 0 Å². The number of amides is 2. The minimum absolute atomic E-state index is 0.145. The number of nitrogens with one attached hydrogen (secondary N) is 1. The predicted octanol–water partition coefficient (Wildman–Crippen LogP) is 0.493. The highest BCUT2D eigenvalue weighted by molar-refractivity contribution is 7.19. The van der Waals surface area contributed by atoms with Gasteiger partial charge in [-0.25, -0.2) is 0 Å². The standard InChI is InChI=1S/C13H23N5O2S/c1-7(17(2)3)6-16-12-8(11(15)19)9(14)10(21-12)13(20)18(4)5/h7,16H,6,14H2,1-5H3,(H2,15,19). The molecule has 1 unspecified atom stereocenters. The van der Waals surface area contributed by atoms with Gasteiger partial charge >= 0.3 is 0 Å². The van der Waals surface area contributed by atoms with Gasteiger partial charge in [-0.3, -0.25) is 9.59 Å². The molecule has 0 aliphatic carbocycles. The maximum absolute atomic E-state index is 12.1. The first-order chi connectivity index (χ1) is 9.66. The molecule has 1 rings (SSSR count). The lowest BCUT2D eigenvalue weighted by molar-refractivity contribution is 0.0833. The van der Waals surface area contributed by atoms with E-state index in [0.717, 1.165) is 11.3 Å². The fourth-order valence-electron chi connectivity index (χ4n) is 1.60. The van der Waals surface area contributed by atoms with Crippen LogP contribution in [-0.2, 0) is 0 Å². The third-order valence-corrected chi connectivity index (χ3v) is 4.38. The largest absolute Gasteiger partial charge is 0.397 e. The number of rotatable bonds is 6. The van der Waals surface area contributed by atoms with Crippen LogP contribution in [-0.4, -0.2) is 62.4 Å². The molecule has 0 saturated carbocycles. The van der Waals surface area contributed by atoms with Gasteiger partial charge in [-0.15, -0.1) is 11.3 Å². The minimum Gasteiger partial charge on any atom is -0.397 e. The zero-order chi connectivity index (χ0) is 16.3. The van der Waals surface area contributed by atoms with E-state index in [1.807, 2.05) is 25.9 Å². The summed E-state index contributed by atoms with van der Waals surface area (Å²) >= 11 is 1.16. The average Bonchev–Trinajstić information content (AvgIpc) is 2.71. The molecule has 5 N–H and O–H groups in total. The van der Waals surface area contributed by atoms with Gasteiger partial charge in [0.1, 0.15) is 9.88 Å². The van der Waals surface area contributed by atoms with E-state index in [1.165, 1.54) is 4.90 Å². The second-order valence-electron chi connectivity index (χ2n) is 5.31. The summed E-state index contributed by atoms with van der Waals surface area (Å²) in [4.78, 5) is 27.5. The number of nitrogens with zero attached hydrogens (tertiary/aromatic N) is 2. The van der Waals surface area contributed by atoms with Crippen LogP contribution in [0.15, 0.2) is 0 Å². The summed E-state index contributed by atoms with van der Waals surface area (Å²) in [5.41, 5.74) is 11.6. The maximum Gasteiger partial charge on any atom is 0.265 e. The number of anilines is 2. The second kappa shape index (κ2) is 6.77. The summed E-state index contributed by atoms with van der Waals surface area (Å²) in [5, 5.41) is 3.70. The van der Waals surface area contributed by atoms with Crippen molar-refractivity contribution in [2.24, 2.45) is 5.73 Å². The zero-order valence-corrected chi connectivity index (χ0v) is 13.9. The van der Waals surface area contributed by atoms with E-state index in [1.54, 1.807) is 14.1 Å². The Balaban J connectivity index is 3.11. The third kappa shape index (κ3) is 3.85. The van der Waals surface area contributed by atoms with Crippen LogP contribution in [0.5, 0.6) is 0 Å². The van der Waals surface area contributed by atoms with Crippen LogP contribution < -0.4 is 16.8 Å². The number of hydrogen-bond donors (Lipinski definition) is 3. The van der Waals surface area contributed by atoms with Crippen molar-refractivity contribution in [1.29, 1.82) is 0 Å². The molecule has 21 heavy (non-hydrogen) atoms. The monoisotopic (exact) mass is 313 g/mol. The van der Waals surface area contributed by atoms with Crippen LogP contribution in [0, 0.1) is 0 Å². The Labute approximate surface area is 128 Å². The SMILES string of the molecule is CC(CNc1sc(C(=O)N(C)C)c(N)c1C(N)=O)N(C)C. The summed E-state index contributed by atoms with van der Waals surface area (Å²) in [7, 11) is 7.19. The second-order valence-corrected chi connectivity index (χ2v) is 6.33. The van der Waals surface area contributed by atoms with Crippen LogP contribution in [0.1, 0.15) is 27.0 Å². The molecule has 0 saturated heterocycles. The molecule has 1 aromatic rings. The first-order valence-electron chi connectivity index (χ1n) is 6.50. The molecule has 0 aliphatic heterocycles. The van der Waals surface area contributed by atoms with Crippen LogP contribution in [0.25, 0.3) is 0 Å².